The number of nitrogens with zero attached hydrogens (tertiary/aromatic N) is 1. The summed E-state index contributed by atoms with van der Waals surface area (Å²) in [5.74, 6) is -0.754. The average molecular weight is 274 g/mol. The first-order chi connectivity index (χ1) is 8.46. The maximum absolute atomic E-state index is 13.3. The first kappa shape index (κ1) is 13.3. The van der Waals surface area contributed by atoms with Crippen LogP contribution in [0.25, 0.3) is 0 Å². The van der Waals surface area contributed by atoms with E-state index in [1.54, 1.807) is 0 Å². The van der Waals surface area contributed by atoms with E-state index < -0.39 is 21.9 Å². The third-order valence-electron chi connectivity index (χ3n) is 3.11. The van der Waals surface area contributed by atoms with Gasteiger partial charge in [-0.15, -0.1) is 0 Å². The molecule has 0 amide bonds. The number of sulfonamides is 1. The molecule has 1 aliphatic heterocycles. The van der Waals surface area contributed by atoms with Crippen molar-refractivity contribution in [1.82, 2.24) is 4.31 Å². The highest BCUT2D eigenvalue weighted by Crippen LogP contribution is 2.27. The number of nitrogen functional groups attached to an aromatic ring is 1. The SMILES string of the molecule is Nc1ccc(S(=O)(=O)N2CCCC2CO)cc1F. The van der Waals surface area contributed by atoms with E-state index in [4.69, 9.17) is 10.8 Å². The van der Waals surface area contributed by atoms with Crippen molar-refractivity contribution in [2.24, 2.45) is 0 Å². The maximum Gasteiger partial charge on any atom is 0.243 e. The fourth-order valence-electron chi connectivity index (χ4n) is 2.11. The normalized spacial score (nSPS) is 21.3. The summed E-state index contributed by atoms with van der Waals surface area (Å²) >= 11 is 0. The van der Waals surface area contributed by atoms with E-state index in [-0.39, 0.29) is 17.2 Å². The molecule has 1 saturated heterocycles. The summed E-state index contributed by atoms with van der Waals surface area (Å²) in [6.07, 6.45) is 1.31. The summed E-state index contributed by atoms with van der Waals surface area (Å²) < 4.78 is 39.1. The number of benzene rings is 1. The van der Waals surface area contributed by atoms with Crippen molar-refractivity contribution in [1.29, 1.82) is 0 Å². The van der Waals surface area contributed by atoms with Crippen LogP contribution in [0.5, 0.6) is 0 Å². The number of rotatable bonds is 3. The zero-order valence-corrected chi connectivity index (χ0v) is 10.5. The predicted molar refractivity (Wildman–Crippen MR) is 64.8 cm³/mol. The molecule has 1 aromatic carbocycles. The molecule has 1 fully saturated rings. The summed E-state index contributed by atoms with van der Waals surface area (Å²) in [5.41, 5.74) is 5.23. The lowest BCUT2D eigenvalue weighted by Crippen LogP contribution is -2.37. The topological polar surface area (TPSA) is 83.6 Å². The van der Waals surface area contributed by atoms with E-state index in [0.717, 1.165) is 6.07 Å². The van der Waals surface area contributed by atoms with E-state index in [1.165, 1.54) is 16.4 Å². The molecule has 0 radical (unpaired) electrons. The van der Waals surface area contributed by atoms with Crippen LogP contribution in [0.4, 0.5) is 10.1 Å². The van der Waals surface area contributed by atoms with Gasteiger partial charge in [0.05, 0.1) is 17.2 Å². The van der Waals surface area contributed by atoms with Crippen LogP contribution in [-0.4, -0.2) is 37.0 Å². The Labute approximate surface area is 105 Å². The summed E-state index contributed by atoms with van der Waals surface area (Å²) in [6, 6.07) is 3.00. The van der Waals surface area contributed by atoms with E-state index in [1.807, 2.05) is 0 Å². The van der Waals surface area contributed by atoms with Crippen molar-refractivity contribution in [3.8, 4) is 0 Å². The van der Waals surface area contributed by atoms with Gasteiger partial charge in [0.25, 0.3) is 0 Å². The summed E-state index contributed by atoms with van der Waals surface area (Å²) in [4.78, 5) is -0.130. The number of hydrogen-bond acceptors (Lipinski definition) is 4. The van der Waals surface area contributed by atoms with Gasteiger partial charge >= 0.3 is 0 Å². The van der Waals surface area contributed by atoms with Crippen LogP contribution >= 0.6 is 0 Å². The Morgan fingerprint density at radius 2 is 2.22 bits per heavy atom. The number of nitrogens with two attached hydrogens (primary N) is 1. The monoisotopic (exact) mass is 274 g/mol. The van der Waals surface area contributed by atoms with Gasteiger partial charge in [0.2, 0.25) is 10.0 Å². The molecule has 2 rings (SSSR count). The number of aliphatic hydroxyl groups is 1. The molecule has 0 saturated carbocycles. The minimum Gasteiger partial charge on any atom is -0.396 e. The highest BCUT2D eigenvalue weighted by atomic mass is 32.2. The third kappa shape index (κ3) is 2.21. The average Bonchev–Trinajstić information content (AvgIpc) is 2.81. The van der Waals surface area contributed by atoms with Gasteiger partial charge in [-0.2, -0.15) is 4.31 Å². The number of aliphatic hydroxyl groups excluding tert-OH is 1. The van der Waals surface area contributed by atoms with Crippen molar-refractivity contribution in [2.75, 3.05) is 18.9 Å². The first-order valence-corrected chi connectivity index (χ1v) is 7.08. The Hall–Kier alpha value is -1.18. The quantitative estimate of drug-likeness (QED) is 0.789. The lowest BCUT2D eigenvalue weighted by Gasteiger charge is -2.22. The van der Waals surface area contributed by atoms with Crippen LogP contribution in [0, 0.1) is 5.82 Å². The molecule has 100 valence electrons. The van der Waals surface area contributed by atoms with Crippen LogP contribution in [0.15, 0.2) is 23.1 Å². The van der Waals surface area contributed by atoms with Crippen LogP contribution in [0.2, 0.25) is 0 Å². The fraction of sp³-hybridized carbons (Fsp3) is 0.455. The molecule has 1 aliphatic rings. The minimum atomic E-state index is -3.76. The Bertz CT molecular complexity index is 547. The van der Waals surface area contributed by atoms with Gasteiger partial charge in [0.1, 0.15) is 5.82 Å². The standard InChI is InChI=1S/C11H15FN2O3S/c12-10-6-9(3-4-11(10)13)18(16,17)14-5-1-2-8(14)7-15/h3-4,6,8,15H,1-2,5,7,13H2. The van der Waals surface area contributed by atoms with Crippen molar-refractivity contribution in [3.63, 3.8) is 0 Å². The predicted octanol–water partition coefficient (Wildman–Crippen LogP) is 0.553. The first-order valence-electron chi connectivity index (χ1n) is 5.64. The summed E-state index contributed by atoms with van der Waals surface area (Å²) in [7, 11) is -3.76. The molecule has 7 heteroatoms. The molecule has 5 nitrogen and oxygen atoms in total. The zero-order chi connectivity index (χ0) is 13.3. The van der Waals surface area contributed by atoms with Gasteiger partial charge in [-0.25, -0.2) is 12.8 Å². The fourth-order valence-corrected chi connectivity index (χ4v) is 3.81. The molecular weight excluding hydrogens is 259 g/mol. The van der Waals surface area contributed by atoms with E-state index in [2.05, 4.69) is 0 Å². The molecule has 0 aromatic heterocycles. The minimum absolute atomic E-state index is 0.0888. The molecule has 0 bridgehead atoms. The van der Waals surface area contributed by atoms with Crippen LogP contribution < -0.4 is 5.73 Å². The van der Waals surface area contributed by atoms with Gasteiger partial charge in [-0.3, -0.25) is 0 Å². The Balaban J connectivity index is 2.38. The van der Waals surface area contributed by atoms with Crippen LogP contribution in [0.1, 0.15) is 12.8 Å². The lowest BCUT2D eigenvalue weighted by molar-refractivity contribution is 0.213. The van der Waals surface area contributed by atoms with Gasteiger partial charge < -0.3 is 10.8 Å². The van der Waals surface area contributed by atoms with Crippen molar-refractivity contribution in [3.05, 3.63) is 24.0 Å². The molecule has 3 N–H and O–H groups in total. The van der Waals surface area contributed by atoms with Crippen LogP contribution in [-0.2, 0) is 10.0 Å². The van der Waals surface area contributed by atoms with E-state index >= 15 is 0 Å². The summed E-state index contributed by atoms with van der Waals surface area (Å²) in [6.45, 7) is 0.121. The Morgan fingerprint density at radius 1 is 1.50 bits per heavy atom. The number of hydrogen-bond donors (Lipinski definition) is 2. The number of halogens is 1. The van der Waals surface area contributed by atoms with Crippen molar-refractivity contribution >= 4 is 15.7 Å². The molecule has 1 aromatic rings. The molecular formula is C11H15FN2O3S. The van der Waals surface area contributed by atoms with Crippen LogP contribution in [0.3, 0.4) is 0 Å². The molecule has 1 heterocycles. The highest BCUT2D eigenvalue weighted by Gasteiger charge is 2.35. The van der Waals surface area contributed by atoms with E-state index in [9.17, 15) is 12.8 Å². The van der Waals surface area contributed by atoms with Gasteiger partial charge in [0, 0.05) is 12.6 Å². The van der Waals surface area contributed by atoms with E-state index in [0.29, 0.717) is 19.4 Å². The Kier molecular flexibility index (Phi) is 3.56. The molecule has 0 aliphatic carbocycles. The van der Waals surface area contributed by atoms with Gasteiger partial charge in [-0.1, -0.05) is 0 Å². The maximum atomic E-state index is 13.3. The summed E-state index contributed by atoms with van der Waals surface area (Å²) in [5, 5.41) is 9.15. The highest BCUT2D eigenvalue weighted by molar-refractivity contribution is 7.89. The second-order valence-electron chi connectivity index (χ2n) is 4.28. The molecule has 1 atom stereocenters. The van der Waals surface area contributed by atoms with Gasteiger partial charge in [-0.05, 0) is 31.0 Å². The smallest absolute Gasteiger partial charge is 0.243 e. The third-order valence-corrected chi connectivity index (χ3v) is 5.06. The zero-order valence-electron chi connectivity index (χ0n) is 9.71. The number of anilines is 1. The Morgan fingerprint density at radius 3 is 2.83 bits per heavy atom. The largest absolute Gasteiger partial charge is 0.396 e. The molecule has 18 heavy (non-hydrogen) atoms. The van der Waals surface area contributed by atoms with Gasteiger partial charge in [0.15, 0.2) is 0 Å². The molecule has 0 spiro atoms. The second kappa shape index (κ2) is 4.83. The molecule has 1 unspecified atom stereocenters. The van der Waals surface area contributed by atoms with Crippen molar-refractivity contribution < 1.29 is 17.9 Å². The lowest BCUT2D eigenvalue weighted by atomic mass is 10.2. The second-order valence-corrected chi connectivity index (χ2v) is 6.17. The van der Waals surface area contributed by atoms with Crippen molar-refractivity contribution in [2.45, 2.75) is 23.8 Å².